The van der Waals surface area contributed by atoms with Gasteiger partial charge in [-0.2, -0.15) is 0 Å². The molecule has 0 saturated heterocycles. The van der Waals surface area contributed by atoms with Gasteiger partial charge in [-0.25, -0.2) is 4.99 Å². The van der Waals surface area contributed by atoms with Gasteiger partial charge in [0.1, 0.15) is 13.0 Å². The number of rotatable bonds is 7. The number of benzene rings is 1. The van der Waals surface area contributed by atoms with Crippen LogP contribution in [0.1, 0.15) is 12.5 Å². The molecule has 3 N–H and O–H groups in total. The van der Waals surface area contributed by atoms with Crippen molar-refractivity contribution < 1.29 is 35.9 Å². The zero-order valence-corrected chi connectivity index (χ0v) is 27.5. The Bertz CT molecular complexity index is 942. The van der Waals surface area contributed by atoms with Gasteiger partial charge in [0.15, 0.2) is 5.84 Å². The summed E-state index contributed by atoms with van der Waals surface area (Å²) in [5, 5.41) is 8.89. The smallest absolute Gasteiger partial charge is 0.394 e. The minimum Gasteiger partial charge on any atom is -0.394 e. The predicted octanol–water partition coefficient (Wildman–Crippen LogP) is 5.83. The molecule has 1 aromatic carbocycles. The number of aliphatic imine (C=N–C) groups is 1. The maximum absolute atomic E-state index is 8.38. The maximum Gasteiger partial charge on any atom is 2.00 e. The van der Waals surface area contributed by atoms with Crippen LogP contribution in [0, 0.1) is 52.7 Å². The molecule has 1 aliphatic heterocycles. The first-order valence-corrected chi connectivity index (χ1v) is 14.1. The molecule has 146 valence electrons. The molecule has 0 bridgehead atoms. The average Bonchev–Trinajstić information content (AvgIpc) is 2.66. The molecule has 1 aliphatic rings. The summed E-state index contributed by atoms with van der Waals surface area (Å²) >= 11 is 11.0. The van der Waals surface area contributed by atoms with Crippen molar-refractivity contribution in [1.29, 1.82) is 5.41 Å². The molecule has 4 nitrogen and oxygen atoms in total. The van der Waals surface area contributed by atoms with Crippen molar-refractivity contribution in [2.45, 2.75) is 6.92 Å². The molecule has 0 saturated carbocycles. The van der Waals surface area contributed by atoms with E-state index in [-0.39, 0.29) is 42.7 Å². The summed E-state index contributed by atoms with van der Waals surface area (Å²) in [7, 11) is 0. The van der Waals surface area contributed by atoms with Gasteiger partial charge in [0.2, 0.25) is 0 Å². The fourth-order valence-corrected chi connectivity index (χ4v) is 9.61. The van der Waals surface area contributed by atoms with Crippen molar-refractivity contribution in [2.75, 3.05) is 6.61 Å². The van der Waals surface area contributed by atoms with E-state index >= 15 is 0 Å². The number of allylic oxidation sites excluding steroid dienone is 1. The minimum absolute atomic E-state index is 0. The predicted molar refractivity (Wildman–Crippen MR) is 145 cm³/mol. The van der Waals surface area contributed by atoms with Crippen molar-refractivity contribution >= 4 is 110 Å². The maximum atomic E-state index is 8.38. The number of hydrogen-bond acceptors (Lipinski definition) is 3. The number of amidine groups is 1. The summed E-state index contributed by atoms with van der Waals surface area (Å²) in [4.78, 5) is 4.53. The van der Waals surface area contributed by atoms with Crippen molar-refractivity contribution in [1.82, 2.24) is 0 Å². The third-order valence-corrected chi connectivity index (χ3v) is 13.5. The normalized spacial score (nSPS) is 15.1. The standard InChI is InChI=1S/C18H14BrClI3N3O.U/c1-3-10(4-2)9-27-17-16(22-8-13(19)23-17)26-18(25)15(24)11-6-5-7-12(21)14(11)20;/h1,3,5-8,24H,9H2,2H3,(H2,25,26);/q-2;+2. The monoisotopic (exact) mass is 1020 g/mol. The first-order chi connectivity index (χ1) is 12.9. The second-order valence-corrected chi connectivity index (χ2v) is 13.7. The topological polar surface area (TPSA) is 71.5 Å². The molecular formula is C18H14BrClI3N3OU. The third kappa shape index (κ3) is 7.76. The van der Waals surface area contributed by atoms with Crippen LogP contribution < -0.4 is 5.73 Å². The quantitative estimate of drug-likeness (QED) is 0.119. The number of ether oxygens (including phenoxy) is 1. The molecule has 10 heteroatoms. The summed E-state index contributed by atoms with van der Waals surface area (Å²) in [6, 6.07) is 5.49. The van der Waals surface area contributed by atoms with Crippen LogP contribution >= 0.6 is 91.6 Å². The molecule has 0 aliphatic carbocycles. The molecule has 0 aromatic heterocycles. The van der Waals surface area contributed by atoms with E-state index < -0.39 is 41.5 Å². The van der Waals surface area contributed by atoms with Gasteiger partial charge in [0.05, 0.1) is 7.51 Å². The Labute approximate surface area is 235 Å². The second kappa shape index (κ2) is 13.6. The Morgan fingerprint density at radius 1 is 1.54 bits per heavy atom. The molecular weight excluding hydrogens is 1010 g/mol. The molecule has 0 radical (unpaired) electrons. The average molecular weight is 1020 g/mol. The number of nitrogens with one attached hydrogen (secondary N) is 1. The molecule has 0 spiro atoms. The Hall–Kier alpha value is 1.29. The Morgan fingerprint density at radius 3 is 2.89 bits per heavy atom. The van der Waals surface area contributed by atoms with Gasteiger partial charge in [-0.15, -0.1) is 6.92 Å². The largest absolute Gasteiger partial charge is 2.00 e. The molecule has 0 fully saturated rings. The zero-order valence-electron chi connectivity index (χ0n) is 14.5. The van der Waals surface area contributed by atoms with Gasteiger partial charge in [0, 0.05) is 9.13 Å². The first kappa shape index (κ1) is 27.3. The van der Waals surface area contributed by atoms with Crippen LogP contribution in [-0.2, 0) is 4.74 Å². The Balaban J connectivity index is 0.00000392. The van der Waals surface area contributed by atoms with Crippen LogP contribution in [0.2, 0.25) is 5.02 Å². The van der Waals surface area contributed by atoms with Crippen molar-refractivity contribution in [2.24, 2.45) is 10.7 Å². The van der Waals surface area contributed by atoms with Gasteiger partial charge in [0.25, 0.3) is 0 Å². The minimum atomic E-state index is -0.513. The summed E-state index contributed by atoms with van der Waals surface area (Å²) in [5.74, 6) is 0.133. The van der Waals surface area contributed by atoms with E-state index in [0.717, 1.165) is 16.5 Å². The van der Waals surface area contributed by atoms with E-state index in [1.54, 1.807) is 13.0 Å². The Kier molecular flexibility index (Phi) is 13.3. The fraction of sp³-hybridized carbons (Fsp3) is 0.111. The second-order valence-electron chi connectivity index (χ2n) is 4.87. The summed E-state index contributed by atoms with van der Waals surface area (Å²) < 4.78 is 11.8. The van der Waals surface area contributed by atoms with Crippen LogP contribution in [0.15, 0.2) is 41.4 Å². The van der Waals surface area contributed by atoms with E-state index in [4.69, 9.17) is 34.1 Å². The van der Waals surface area contributed by atoms with Crippen molar-refractivity contribution in [3.8, 4) is 0 Å². The molecule has 1 aromatic rings. The molecule has 0 amide bonds. The zero-order chi connectivity index (χ0) is 20.0. The first-order valence-electron chi connectivity index (χ1n) is 7.34. The molecule has 1 heterocycles. The van der Waals surface area contributed by atoms with Gasteiger partial charge in [-0.05, 0) is 76.0 Å². The van der Waals surface area contributed by atoms with Crippen LogP contribution in [-0.4, -0.2) is 25.5 Å². The number of nitrogens with two attached hydrogens (primary N) is 1. The number of nitrogens with zero attached hydrogens (tertiary/aromatic N) is 1. The SMILES string of the molecule is [CH-]=CC(=[C-]C)COC1=IC(Br)=CI=C1N=C(N)C(=N)c1cccc(I)c1Cl.[U+2]. The van der Waals surface area contributed by atoms with Gasteiger partial charge in [-0.1, -0.05) is 44.5 Å². The van der Waals surface area contributed by atoms with Gasteiger partial charge < -0.3 is 34.8 Å². The summed E-state index contributed by atoms with van der Waals surface area (Å²) in [5.41, 5.74) is 7.59. The van der Waals surface area contributed by atoms with Crippen LogP contribution in [0.5, 0.6) is 0 Å². The van der Waals surface area contributed by atoms with Crippen LogP contribution in [0.25, 0.3) is 0 Å². The van der Waals surface area contributed by atoms with Crippen LogP contribution in [0.4, 0.5) is 0 Å². The molecule has 28 heavy (non-hydrogen) atoms. The van der Waals surface area contributed by atoms with E-state index in [1.807, 2.05) is 12.1 Å². The van der Waals surface area contributed by atoms with E-state index in [9.17, 15) is 0 Å². The summed E-state index contributed by atoms with van der Waals surface area (Å²) in [6.07, 6.45) is 4.46. The summed E-state index contributed by atoms with van der Waals surface area (Å²) in [6.45, 7) is 7.69. The molecule has 0 unspecified atom stereocenters. The number of halogens is 5. The van der Waals surface area contributed by atoms with E-state index in [2.05, 4.69) is 53.7 Å². The fourth-order valence-electron chi connectivity index (χ4n) is 1.77. The molecule has 0 atom stereocenters. The third-order valence-electron chi connectivity index (χ3n) is 3.15. The van der Waals surface area contributed by atoms with Crippen LogP contribution in [0.3, 0.4) is 0 Å². The van der Waals surface area contributed by atoms with Crippen molar-refractivity contribution in [3.63, 3.8) is 0 Å². The van der Waals surface area contributed by atoms with Gasteiger partial charge >= 0.3 is 31.1 Å². The van der Waals surface area contributed by atoms with Crippen molar-refractivity contribution in [3.05, 3.63) is 63.2 Å². The molecule has 2 rings (SSSR count). The van der Waals surface area contributed by atoms with Gasteiger partial charge in [-0.3, -0.25) is 5.41 Å². The number of hydrogen-bond donors (Lipinski definition) is 2. The van der Waals surface area contributed by atoms with E-state index in [1.165, 1.54) is 8.57 Å². The van der Waals surface area contributed by atoms with E-state index in [0.29, 0.717) is 17.2 Å². The Morgan fingerprint density at radius 2 is 2.25 bits per heavy atom.